The fraction of sp³-hybridized carbons (Fsp3) is 0. The highest BCUT2D eigenvalue weighted by atomic mass is 19.1. The van der Waals surface area contributed by atoms with Gasteiger partial charge in [-0.15, -0.1) is 0 Å². The van der Waals surface area contributed by atoms with Crippen molar-refractivity contribution < 1.29 is 27.5 Å². The van der Waals surface area contributed by atoms with E-state index in [0.29, 0.717) is 18.2 Å². The molecule has 21 heavy (non-hydrogen) atoms. The summed E-state index contributed by atoms with van der Waals surface area (Å²) < 4.78 is 53.4. The molecular weight excluding hydrogens is 292 g/mol. The zero-order valence-corrected chi connectivity index (χ0v) is 10.3. The minimum atomic E-state index is -1.43. The number of halogens is 4. The third kappa shape index (κ3) is 2.88. The Hall–Kier alpha value is -2.77. The van der Waals surface area contributed by atoms with E-state index < -0.39 is 46.2 Å². The molecule has 110 valence electrons. The molecule has 0 spiro atoms. The first kappa shape index (κ1) is 14.6. The molecule has 0 fully saturated rings. The Labute approximate surface area is 115 Å². The summed E-state index contributed by atoms with van der Waals surface area (Å²) in [6.07, 6.45) is 0. The Bertz CT molecular complexity index is 711. The van der Waals surface area contributed by atoms with Gasteiger partial charge in [0.1, 0.15) is 17.3 Å². The van der Waals surface area contributed by atoms with Crippen LogP contribution in [0.2, 0.25) is 0 Å². The number of nitrogens with one attached hydrogen (secondary N) is 1. The lowest BCUT2D eigenvalue weighted by Gasteiger charge is -2.12. The first-order valence-corrected chi connectivity index (χ1v) is 5.53. The molecule has 4 N–H and O–H groups in total. The number of benzene rings is 2. The number of hydrogen-bond donors (Lipinski definition) is 3. The summed E-state index contributed by atoms with van der Waals surface area (Å²) in [6, 6.07) is 2.29. The summed E-state index contributed by atoms with van der Waals surface area (Å²) >= 11 is 0. The van der Waals surface area contributed by atoms with E-state index in [1.54, 1.807) is 0 Å². The molecule has 0 saturated carbocycles. The molecule has 2 rings (SSSR count). The molecule has 0 amide bonds. The third-order valence-electron chi connectivity index (χ3n) is 2.64. The maximum Gasteiger partial charge on any atom is 0.337 e. The number of anilines is 3. The Balaban J connectivity index is 2.50. The molecule has 0 aliphatic rings. The minimum Gasteiger partial charge on any atom is -0.478 e. The van der Waals surface area contributed by atoms with E-state index in [9.17, 15) is 22.4 Å². The summed E-state index contributed by atoms with van der Waals surface area (Å²) in [4.78, 5) is 10.9. The lowest BCUT2D eigenvalue weighted by atomic mass is 10.1. The van der Waals surface area contributed by atoms with Crippen LogP contribution in [-0.4, -0.2) is 11.1 Å². The number of carboxylic acid groups (broad SMARTS) is 1. The van der Waals surface area contributed by atoms with E-state index in [4.69, 9.17) is 10.8 Å². The van der Waals surface area contributed by atoms with Crippen LogP contribution >= 0.6 is 0 Å². The van der Waals surface area contributed by atoms with Gasteiger partial charge >= 0.3 is 5.97 Å². The van der Waals surface area contributed by atoms with Gasteiger partial charge in [-0.3, -0.25) is 0 Å². The van der Waals surface area contributed by atoms with Gasteiger partial charge in [-0.1, -0.05) is 0 Å². The van der Waals surface area contributed by atoms with Crippen LogP contribution in [0.4, 0.5) is 34.6 Å². The predicted octanol–water partition coefficient (Wildman–Crippen LogP) is 3.27. The van der Waals surface area contributed by atoms with Crippen LogP contribution < -0.4 is 11.1 Å². The molecule has 0 aliphatic carbocycles. The lowest BCUT2D eigenvalue weighted by molar-refractivity contribution is 0.0698. The van der Waals surface area contributed by atoms with Crippen molar-refractivity contribution in [1.29, 1.82) is 0 Å². The highest BCUT2D eigenvalue weighted by Crippen LogP contribution is 2.28. The minimum absolute atomic E-state index is 0.342. The quantitative estimate of drug-likeness (QED) is 0.600. The second-order valence-electron chi connectivity index (χ2n) is 4.09. The summed E-state index contributed by atoms with van der Waals surface area (Å²) in [7, 11) is 0. The second-order valence-corrected chi connectivity index (χ2v) is 4.09. The Morgan fingerprint density at radius 3 is 2.10 bits per heavy atom. The van der Waals surface area contributed by atoms with Crippen LogP contribution in [-0.2, 0) is 0 Å². The summed E-state index contributed by atoms with van der Waals surface area (Å²) in [5.74, 6) is -6.17. The molecule has 0 aromatic heterocycles. The molecular formula is C13H8F4N2O2. The summed E-state index contributed by atoms with van der Waals surface area (Å²) in [5.41, 5.74) is 3.22. The van der Waals surface area contributed by atoms with Crippen molar-refractivity contribution in [3.63, 3.8) is 0 Å². The maximum absolute atomic E-state index is 13.7. The van der Waals surface area contributed by atoms with Crippen molar-refractivity contribution in [2.24, 2.45) is 0 Å². The normalized spacial score (nSPS) is 10.5. The van der Waals surface area contributed by atoms with E-state index in [-0.39, 0.29) is 5.69 Å². The standard InChI is InChI=1S/C13H8F4N2O2/c14-5-1-8(16)12(9(17)2-5)19-11-3-6(13(20)21)10(18)4-7(11)15/h1-4,19H,18H2,(H,20,21). The number of aromatic carboxylic acids is 1. The number of carboxylic acids is 1. The highest BCUT2D eigenvalue weighted by molar-refractivity contribution is 5.95. The van der Waals surface area contributed by atoms with Gasteiger partial charge < -0.3 is 16.2 Å². The van der Waals surface area contributed by atoms with Gasteiger partial charge in [-0.05, 0) is 12.1 Å². The van der Waals surface area contributed by atoms with Gasteiger partial charge in [0.2, 0.25) is 0 Å². The van der Waals surface area contributed by atoms with Gasteiger partial charge in [0.25, 0.3) is 0 Å². The van der Waals surface area contributed by atoms with Gasteiger partial charge in [0.15, 0.2) is 11.6 Å². The molecule has 0 saturated heterocycles. The molecule has 2 aromatic rings. The molecule has 4 nitrogen and oxygen atoms in total. The van der Waals surface area contributed by atoms with Gasteiger partial charge in [-0.2, -0.15) is 0 Å². The number of nitrogens with two attached hydrogens (primary N) is 1. The zero-order valence-electron chi connectivity index (χ0n) is 10.3. The van der Waals surface area contributed by atoms with Gasteiger partial charge in [0, 0.05) is 17.8 Å². The van der Waals surface area contributed by atoms with Crippen LogP contribution in [0.5, 0.6) is 0 Å². The number of rotatable bonds is 3. The number of hydrogen-bond acceptors (Lipinski definition) is 3. The van der Waals surface area contributed by atoms with Crippen LogP contribution in [0.3, 0.4) is 0 Å². The van der Waals surface area contributed by atoms with E-state index in [0.717, 1.165) is 6.07 Å². The summed E-state index contributed by atoms with van der Waals surface area (Å²) in [6.45, 7) is 0. The number of carbonyl (C=O) groups is 1. The van der Waals surface area contributed by atoms with E-state index >= 15 is 0 Å². The van der Waals surface area contributed by atoms with Crippen LogP contribution in [0.15, 0.2) is 24.3 Å². The monoisotopic (exact) mass is 300 g/mol. The Morgan fingerprint density at radius 1 is 1.00 bits per heavy atom. The van der Waals surface area contributed by atoms with E-state index in [2.05, 4.69) is 0 Å². The van der Waals surface area contributed by atoms with Crippen molar-refractivity contribution in [3.05, 3.63) is 53.1 Å². The van der Waals surface area contributed by atoms with Crippen LogP contribution in [0, 0.1) is 23.3 Å². The van der Waals surface area contributed by atoms with E-state index in [1.807, 2.05) is 5.32 Å². The SMILES string of the molecule is Nc1cc(F)c(Nc2c(F)cc(F)cc2F)cc1C(=O)O. The number of nitrogen functional groups attached to an aromatic ring is 1. The first-order chi connectivity index (χ1) is 9.79. The average Bonchev–Trinajstić information content (AvgIpc) is 2.35. The molecule has 0 radical (unpaired) electrons. The predicted molar refractivity (Wildman–Crippen MR) is 67.4 cm³/mol. The second kappa shape index (κ2) is 5.31. The molecule has 0 aliphatic heterocycles. The first-order valence-electron chi connectivity index (χ1n) is 5.53. The molecule has 0 atom stereocenters. The van der Waals surface area contributed by atoms with Crippen LogP contribution in [0.25, 0.3) is 0 Å². The smallest absolute Gasteiger partial charge is 0.337 e. The molecule has 2 aromatic carbocycles. The topological polar surface area (TPSA) is 75.3 Å². The third-order valence-corrected chi connectivity index (χ3v) is 2.64. The van der Waals surface area contributed by atoms with Gasteiger partial charge in [-0.25, -0.2) is 22.4 Å². The zero-order chi connectivity index (χ0) is 15.7. The van der Waals surface area contributed by atoms with Crippen molar-refractivity contribution >= 4 is 23.0 Å². The summed E-state index contributed by atoms with van der Waals surface area (Å²) in [5, 5.41) is 10.9. The lowest BCUT2D eigenvalue weighted by Crippen LogP contribution is -2.06. The largest absolute Gasteiger partial charge is 0.478 e. The highest BCUT2D eigenvalue weighted by Gasteiger charge is 2.17. The average molecular weight is 300 g/mol. The maximum atomic E-state index is 13.7. The molecule has 0 bridgehead atoms. The van der Waals surface area contributed by atoms with Crippen molar-refractivity contribution in [2.45, 2.75) is 0 Å². The van der Waals surface area contributed by atoms with Crippen molar-refractivity contribution in [2.75, 3.05) is 11.1 Å². The fourth-order valence-corrected chi connectivity index (χ4v) is 1.67. The van der Waals surface area contributed by atoms with E-state index in [1.165, 1.54) is 0 Å². The molecule has 0 heterocycles. The van der Waals surface area contributed by atoms with Crippen LogP contribution in [0.1, 0.15) is 10.4 Å². The molecule has 8 heteroatoms. The Morgan fingerprint density at radius 2 is 1.57 bits per heavy atom. The van der Waals surface area contributed by atoms with Crippen molar-refractivity contribution in [1.82, 2.24) is 0 Å². The Kier molecular flexibility index (Phi) is 3.70. The van der Waals surface area contributed by atoms with Crippen molar-refractivity contribution in [3.8, 4) is 0 Å². The fourth-order valence-electron chi connectivity index (χ4n) is 1.67. The molecule has 0 unspecified atom stereocenters. The van der Waals surface area contributed by atoms with Gasteiger partial charge in [0.05, 0.1) is 11.3 Å².